The number of fused-ring (bicyclic) bond motifs is 1. The Hall–Kier alpha value is -2.53. The molecule has 1 unspecified atom stereocenters. The van der Waals surface area contributed by atoms with Crippen molar-refractivity contribution in [2.24, 2.45) is 0 Å². The second-order valence-electron chi connectivity index (χ2n) is 5.72. The Morgan fingerprint density at radius 3 is 2.60 bits per heavy atom. The Kier molecular flexibility index (Phi) is 5.56. The van der Waals surface area contributed by atoms with Gasteiger partial charge in [-0.2, -0.15) is 0 Å². The van der Waals surface area contributed by atoms with Gasteiger partial charge in [-0.1, -0.05) is 24.3 Å². The summed E-state index contributed by atoms with van der Waals surface area (Å²) in [5.74, 6) is 1.26. The predicted octanol–water partition coefficient (Wildman–Crippen LogP) is 3.49. The Balaban J connectivity index is 1.61. The van der Waals surface area contributed by atoms with Crippen LogP contribution in [0.15, 0.2) is 42.5 Å². The fourth-order valence-electron chi connectivity index (χ4n) is 2.90. The molecule has 0 spiro atoms. The number of ether oxygens (including phenoxy) is 3. The highest BCUT2D eigenvalue weighted by atomic mass is 16.6. The van der Waals surface area contributed by atoms with E-state index in [4.69, 9.17) is 14.2 Å². The van der Waals surface area contributed by atoms with Gasteiger partial charge in [0, 0.05) is 12.1 Å². The number of hydrogen-bond donors (Lipinski definition) is 1. The first-order valence-electron chi connectivity index (χ1n) is 8.64. The van der Waals surface area contributed by atoms with E-state index >= 15 is 0 Å². The average Bonchev–Trinajstić information content (AvgIpc) is 2.94. The molecule has 0 radical (unpaired) electrons. The molecule has 2 aromatic rings. The van der Waals surface area contributed by atoms with E-state index in [1.54, 1.807) is 6.07 Å². The van der Waals surface area contributed by atoms with Crippen LogP contribution in [0.25, 0.3) is 0 Å². The molecule has 25 heavy (non-hydrogen) atoms. The van der Waals surface area contributed by atoms with Crippen LogP contribution in [-0.2, 0) is 11.2 Å². The van der Waals surface area contributed by atoms with Crippen molar-refractivity contribution in [2.75, 3.05) is 19.8 Å². The Labute approximate surface area is 147 Å². The van der Waals surface area contributed by atoms with Crippen molar-refractivity contribution in [1.82, 2.24) is 5.32 Å². The molecular weight excluding hydrogens is 318 g/mol. The number of hydrogen-bond acceptors (Lipinski definition) is 5. The van der Waals surface area contributed by atoms with Crippen LogP contribution in [0.2, 0.25) is 0 Å². The zero-order valence-corrected chi connectivity index (χ0v) is 14.6. The molecule has 0 saturated carbocycles. The minimum absolute atomic E-state index is 0.271. The molecule has 5 nitrogen and oxygen atoms in total. The lowest BCUT2D eigenvalue weighted by molar-refractivity contribution is 0.0310. The summed E-state index contributed by atoms with van der Waals surface area (Å²) in [4.78, 5) is 11.8. The fourth-order valence-corrected chi connectivity index (χ4v) is 2.90. The molecule has 1 aliphatic heterocycles. The van der Waals surface area contributed by atoms with Crippen molar-refractivity contribution in [2.45, 2.75) is 26.5 Å². The van der Waals surface area contributed by atoms with Gasteiger partial charge in [0.15, 0.2) is 17.7 Å². The van der Waals surface area contributed by atoms with Gasteiger partial charge in [0.25, 0.3) is 0 Å². The molecule has 1 atom stereocenters. The standard InChI is InChI=1S/C20H23NO4/c1-3-23-17-10-9-14(13-18(17)24-4-2)11-12-21-19-15-7-5-6-8-16(15)20(22)25-19/h5-10,13,19,21H,3-4,11-12H2,1-2H3. The molecule has 0 aliphatic carbocycles. The van der Waals surface area contributed by atoms with E-state index in [-0.39, 0.29) is 12.2 Å². The summed E-state index contributed by atoms with van der Waals surface area (Å²) in [6.45, 7) is 5.79. The smallest absolute Gasteiger partial charge is 0.340 e. The zero-order chi connectivity index (χ0) is 17.6. The first-order chi connectivity index (χ1) is 12.2. The van der Waals surface area contributed by atoms with Crippen molar-refractivity contribution < 1.29 is 19.0 Å². The molecule has 0 aromatic heterocycles. The van der Waals surface area contributed by atoms with Crippen molar-refractivity contribution in [1.29, 1.82) is 0 Å². The summed E-state index contributed by atoms with van der Waals surface area (Å²) in [7, 11) is 0. The maximum atomic E-state index is 11.8. The molecule has 1 heterocycles. The molecule has 132 valence electrons. The number of cyclic esters (lactones) is 1. The van der Waals surface area contributed by atoms with Gasteiger partial charge in [-0.05, 0) is 44.0 Å². The monoisotopic (exact) mass is 341 g/mol. The summed E-state index contributed by atoms with van der Waals surface area (Å²) in [6, 6.07) is 13.4. The van der Waals surface area contributed by atoms with Crippen LogP contribution in [0.4, 0.5) is 0 Å². The van der Waals surface area contributed by atoms with Crippen molar-refractivity contribution in [3.05, 3.63) is 59.2 Å². The summed E-state index contributed by atoms with van der Waals surface area (Å²) >= 11 is 0. The van der Waals surface area contributed by atoms with Gasteiger partial charge < -0.3 is 14.2 Å². The quantitative estimate of drug-likeness (QED) is 0.745. The van der Waals surface area contributed by atoms with Gasteiger partial charge in [0.1, 0.15) is 0 Å². The highest BCUT2D eigenvalue weighted by Crippen LogP contribution is 2.30. The second kappa shape index (κ2) is 8.03. The van der Waals surface area contributed by atoms with Gasteiger partial charge in [0.2, 0.25) is 0 Å². The summed E-state index contributed by atoms with van der Waals surface area (Å²) in [6.07, 6.45) is 0.417. The van der Waals surface area contributed by atoms with Gasteiger partial charge in [-0.15, -0.1) is 0 Å². The minimum Gasteiger partial charge on any atom is -0.490 e. The highest BCUT2D eigenvalue weighted by Gasteiger charge is 2.29. The van der Waals surface area contributed by atoms with Crippen molar-refractivity contribution in [3.63, 3.8) is 0 Å². The number of rotatable bonds is 8. The Morgan fingerprint density at radius 1 is 1.04 bits per heavy atom. The predicted molar refractivity (Wildman–Crippen MR) is 95.1 cm³/mol. The first kappa shape index (κ1) is 17.3. The number of carbonyl (C=O) groups is 1. The van der Waals surface area contributed by atoms with E-state index in [1.807, 2.05) is 50.2 Å². The molecule has 1 N–H and O–H groups in total. The minimum atomic E-state index is -0.377. The third kappa shape index (κ3) is 3.94. The Bertz CT molecular complexity index is 744. The molecule has 3 rings (SSSR count). The summed E-state index contributed by atoms with van der Waals surface area (Å²) < 4.78 is 16.6. The Morgan fingerprint density at radius 2 is 1.80 bits per heavy atom. The molecule has 2 aromatic carbocycles. The van der Waals surface area contributed by atoms with E-state index in [2.05, 4.69) is 5.32 Å². The summed E-state index contributed by atoms with van der Waals surface area (Å²) in [5.41, 5.74) is 2.67. The SMILES string of the molecule is CCOc1ccc(CCNC2OC(=O)c3ccccc32)cc1OCC. The lowest BCUT2D eigenvalue weighted by Gasteiger charge is -2.14. The molecule has 0 bridgehead atoms. The number of carbonyl (C=O) groups excluding carboxylic acids is 1. The number of esters is 1. The maximum Gasteiger partial charge on any atom is 0.340 e. The van der Waals surface area contributed by atoms with Crippen molar-refractivity contribution >= 4 is 5.97 Å². The second-order valence-corrected chi connectivity index (χ2v) is 5.72. The number of nitrogens with one attached hydrogen (secondary N) is 1. The first-order valence-corrected chi connectivity index (χ1v) is 8.64. The topological polar surface area (TPSA) is 56.8 Å². The van der Waals surface area contributed by atoms with E-state index in [0.717, 1.165) is 29.0 Å². The lowest BCUT2D eigenvalue weighted by Crippen LogP contribution is -2.23. The third-order valence-corrected chi connectivity index (χ3v) is 4.04. The highest BCUT2D eigenvalue weighted by molar-refractivity contribution is 5.93. The molecule has 0 saturated heterocycles. The van der Waals surface area contributed by atoms with Gasteiger partial charge >= 0.3 is 5.97 Å². The molecule has 1 aliphatic rings. The largest absolute Gasteiger partial charge is 0.490 e. The van der Waals surface area contributed by atoms with E-state index in [1.165, 1.54) is 0 Å². The van der Waals surface area contributed by atoms with Crippen LogP contribution < -0.4 is 14.8 Å². The molecule has 5 heteroatoms. The van der Waals surface area contributed by atoms with Crippen LogP contribution in [0.3, 0.4) is 0 Å². The van der Waals surface area contributed by atoms with Crippen LogP contribution >= 0.6 is 0 Å². The van der Waals surface area contributed by atoms with E-state index < -0.39 is 0 Å². The lowest BCUT2D eigenvalue weighted by atomic mass is 10.1. The van der Waals surface area contributed by atoms with Crippen LogP contribution in [-0.4, -0.2) is 25.7 Å². The van der Waals surface area contributed by atoms with E-state index in [9.17, 15) is 4.79 Å². The van der Waals surface area contributed by atoms with Gasteiger partial charge in [-0.25, -0.2) is 4.79 Å². The molecular formula is C20H23NO4. The molecule has 0 fully saturated rings. The van der Waals surface area contributed by atoms with Crippen LogP contribution in [0.5, 0.6) is 11.5 Å². The number of benzene rings is 2. The van der Waals surface area contributed by atoms with E-state index in [0.29, 0.717) is 25.3 Å². The zero-order valence-electron chi connectivity index (χ0n) is 14.6. The van der Waals surface area contributed by atoms with Gasteiger partial charge in [0.05, 0.1) is 18.8 Å². The third-order valence-electron chi connectivity index (χ3n) is 4.04. The molecule has 0 amide bonds. The van der Waals surface area contributed by atoms with Gasteiger partial charge in [-0.3, -0.25) is 5.32 Å². The maximum absolute atomic E-state index is 11.8. The average molecular weight is 341 g/mol. The normalized spacial score (nSPS) is 15.6. The van der Waals surface area contributed by atoms with Crippen molar-refractivity contribution in [3.8, 4) is 11.5 Å². The summed E-state index contributed by atoms with van der Waals surface area (Å²) in [5, 5.41) is 3.29. The van der Waals surface area contributed by atoms with Crippen LogP contribution in [0, 0.1) is 0 Å². The fraction of sp³-hybridized carbons (Fsp3) is 0.350. The van der Waals surface area contributed by atoms with Crippen LogP contribution in [0.1, 0.15) is 41.6 Å².